The largest absolute Gasteiger partial charge is 0.478 e. The number of halogens is 4. The zero-order valence-corrected chi connectivity index (χ0v) is 21.4. The van der Waals surface area contributed by atoms with Crippen molar-refractivity contribution in [3.63, 3.8) is 0 Å². The van der Waals surface area contributed by atoms with Gasteiger partial charge in [-0.2, -0.15) is 13.2 Å². The molecular weight excluding hydrogens is 552 g/mol. The minimum absolute atomic E-state index is 0.00580. The van der Waals surface area contributed by atoms with Crippen LogP contribution >= 0.6 is 11.3 Å². The van der Waals surface area contributed by atoms with Crippen LogP contribution in [-0.4, -0.2) is 27.8 Å². The topological polar surface area (TPSA) is 106 Å². The number of aromatic nitrogens is 1. The van der Waals surface area contributed by atoms with Crippen molar-refractivity contribution in [1.29, 1.82) is 0 Å². The van der Waals surface area contributed by atoms with Crippen molar-refractivity contribution >= 4 is 44.9 Å². The van der Waals surface area contributed by atoms with Crippen molar-refractivity contribution in [3.05, 3.63) is 82.1 Å². The fourth-order valence-corrected chi connectivity index (χ4v) is 5.21. The first kappa shape index (κ1) is 27.3. The number of aromatic carboxylic acids is 1. The number of ether oxygens (including phenoxy) is 1. The zero-order chi connectivity index (χ0) is 28.6. The first-order valence-electron chi connectivity index (χ1n) is 12.1. The number of carbonyl (C=O) groups is 3. The third kappa shape index (κ3) is 6.12. The van der Waals surface area contributed by atoms with Gasteiger partial charge in [-0.25, -0.2) is 14.2 Å². The molecule has 12 heteroatoms. The molecule has 1 fully saturated rings. The lowest BCUT2D eigenvalue weighted by molar-refractivity contribution is -0.137. The predicted molar refractivity (Wildman–Crippen MR) is 138 cm³/mol. The van der Waals surface area contributed by atoms with E-state index in [-0.39, 0.29) is 46.4 Å². The van der Waals surface area contributed by atoms with Gasteiger partial charge in [-0.05, 0) is 48.7 Å². The summed E-state index contributed by atoms with van der Waals surface area (Å²) in [6.45, 7) is 0. The van der Waals surface area contributed by atoms with Gasteiger partial charge in [-0.1, -0.05) is 18.2 Å². The molecular formula is C28H20F4N2O5S. The van der Waals surface area contributed by atoms with E-state index in [4.69, 9.17) is 4.74 Å². The SMILES string of the molecule is O=C(Cc1cccc(C(F)(F)F)c1)Nc1cc(Oc2ccc3nc(CC(=O)C4CC4)sc3c2C(=O)O)ccc1F. The number of rotatable bonds is 9. The second-order valence-electron chi connectivity index (χ2n) is 9.28. The van der Waals surface area contributed by atoms with Crippen LogP contribution in [0.15, 0.2) is 54.6 Å². The van der Waals surface area contributed by atoms with Gasteiger partial charge < -0.3 is 15.2 Å². The maximum absolute atomic E-state index is 14.5. The number of carboxylic acid groups (broad SMARTS) is 1. The van der Waals surface area contributed by atoms with Gasteiger partial charge in [-0.3, -0.25) is 9.59 Å². The van der Waals surface area contributed by atoms with E-state index in [1.807, 2.05) is 0 Å². The summed E-state index contributed by atoms with van der Waals surface area (Å²) in [5.74, 6) is -2.82. The van der Waals surface area contributed by atoms with Crippen molar-refractivity contribution in [1.82, 2.24) is 4.98 Å². The molecule has 1 saturated carbocycles. The minimum Gasteiger partial charge on any atom is -0.478 e. The van der Waals surface area contributed by atoms with Crippen LogP contribution in [0.4, 0.5) is 23.2 Å². The molecule has 1 heterocycles. The summed E-state index contributed by atoms with van der Waals surface area (Å²) >= 11 is 1.09. The van der Waals surface area contributed by atoms with Crippen LogP contribution in [0.25, 0.3) is 10.2 Å². The quantitative estimate of drug-likeness (QED) is 0.218. The van der Waals surface area contributed by atoms with Crippen LogP contribution < -0.4 is 10.1 Å². The number of nitrogens with one attached hydrogen (secondary N) is 1. The molecule has 0 saturated heterocycles. The van der Waals surface area contributed by atoms with Crippen LogP contribution in [-0.2, 0) is 28.6 Å². The highest BCUT2D eigenvalue weighted by Crippen LogP contribution is 2.37. The Morgan fingerprint density at radius 2 is 1.82 bits per heavy atom. The molecule has 1 aliphatic rings. The molecule has 0 unspecified atom stereocenters. The van der Waals surface area contributed by atoms with Crippen LogP contribution in [0.2, 0.25) is 0 Å². The molecule has 0 atom stereocenters. The molecule has 206 valence electrons. The van der Waals surface area contributed by atoms with Crippen molar-refractivity contribution in [3.8, 4) is 11.5 Å². The fourth-order valence-electron chi connectivity index (χ4n) is 4.11. The number of carboxylic acids is 1. The highest BCUT2D eigenvalue weighted by atomic mass is 32.1. The van der Waals surface area contributed by atoms with Crippen LogP contribution in [0, 0.1) is 11.7 Å². The molecule has 1 aromatic heterocycles. The van der Waals surface area contributed by atoms with Gasteiger partial charge in [0.05, 0.1) is 34.3 Å². The number of benzene rings is 3. The van der Waals surface area contributed by atoms with E-state index >= 15 is 0 Å². The Morgan fingerprint density at radius 1 is 1.05 bits per heavy atom. The molecule has 7 nitrogen and oxygen atoms in total. The Labute approximate surface area is 228 Å². The van der Waals surface area contributed by atoms with E-state index in [9.17, 15) is 37.1 Å². The highest BCUT2D eigenvalue weighted by Gasteiger charge is 2.31. The number of amides is 1. The van der Waals surface area contributed by atoms with E-state index in [2.05, 4.69) is 10.3 Å². The second kappa shape index (κ2) is 10.7. The molecule has 0 radical (unpaired) electrons. The van der Waals surface area contributed by atoms with Gasteiger partial charge in [0, 0.05) is 12.0 Å². The third-order valence-electron chi connectivity index (χ3n) is 6.19. The summed E-state index contributed by atoms with van der Waals surface area (Å²) in [6.07, 6.45) is -3.18. The second-order valence-corrected chi connectivity index (χ2v) is 10.4. The zero-order valence-electron chi connectivity index (χ0n) is 20.5. The fraction of sp³-hybridized carbons (Fsp3) is 0.214. The number of carbonyl (C=O) groups excluding carboxylic acids is 2. The van der Waals surface area contributed by atoms with E-state index in [1.54, 1.807) is 6.07 Å². The van der Waals surface area contributed by atoms with Gasteiger partial charge in [-0.15, -0.1) is 11.3 Å². The number of Topliss-reactive ketones (excluding diaryl/α,β-unsaturated/α-hetero) is 1. The standard InChI is InChI=1S/C28H20F4N2O5S/c29-18-7-6-17(12-20(18)33-23(36)11-14-2-1-3-16(10-14)28(30,31)32)39-22-9-8-19-26(25(22)27(37)38)40-24(34-19)13-21(35)15-4-5-15/h1-3,6-10,12,15H,4-5,11,13H2,(H,33,36)(H,37,38). The summed E-state index contributed by atoms with van der Waals surface area (Å²) in [5, 5.41) is 12.7. The highest BCUT2D eigenvalue weighted by molar-refractivity contribution is 7.19. The van der Waals surface area contributed by atoms with Crippen LogP contribution in [0.1, 0.15) is 39.3 Å². The average Bonchev–Trinajstić information content (AvgIpc) is 3.66. The lowest BCUT2D eigenvalue weighted by Crippen LogP contribution is -2.16. The van der Waals surface area contributed by atoms with Crippen molar-refractivity contribution in [2.75, 3.05) is 5.32 Å². The Bertz CT molecular complexity index is 1650. The van der Waals surface area contributed by atoms with E-state index in [0.717, 1.165) is 48.4 Å². The van der Waals surface area contributed by atoms with Gasteiger partial charge in [0.2, 0.25) is 5.91 Å². The van der Waals surface area contributed by atoms with E-state index in [0.29, 0.717) is 15.2 Å². The number of alkyl halides is 3. The molecule has 4 aromatic rings. The Kier molecular flexibility index (Phi) is 7.28. The molecule has 3 aromatic carbocycles. The van der Waals surface area contributed by atoms with Crippen molar-refractivity contribution in [2.45, 2.75) is 31.9 Å². The Morgan fingerprint density at radius 3 is 2.52 bits per heavy atom. The van der Waals surface area contributed by atoms with E-state index < -0.39 is 35.9 Å². The van der Waals surface area contributed by atoms with Crippen LogP contribution in [0.3, 0.4) is 0 Å². The molecule has 0 bridgehead atoms. The molecule has 5 rings (SSSR count). The normalized spacial score (nSPS) is 13.3. The van der Waals surface area contributed by atoms with Gasteiger partial charge in [0.25, 0.3) is 0 Å². The summed E-state index contributed by atoms with van der Waals surface area (Å²) in [6, 6.07) is 10.6. The average molecular weight is 573 g/mol. The molecule has 2 N–H and O–H groups in total. The molecule has 1 aliphatic carbocycles. The maximum atomic E-state index is 14.5. The summed E-state index contributed by atoms with van der Waals surface area (Å²) in [7, 11) is 0. The lowest BCUT2D eigenvalue weighted by Gasteiger charge is -2.12. The number of hydrogen-bond donors (Lipinski definition) is 2. The Balaban J connectivity index is 1.35. The van der Waals surface area contributed by atoms with Crippen LogP contribution in [0.5, 0.6) is 11.5 Å². The van der Waals surface area contributed by atoms with Crippen molar-refractivity contribution < 1.29 is 41.8 Å². The number of fused-ring (bicyclic) bond motifs is 1. The Hall–Kier alpha value is -4.32. The van der Waals surface area contributed by atoms with Gasteiger partial charge in [0.15, 0.2) is 0 Å². The van der Waals surface area contributed by atoms with Gasteiger partial charge in [0.1, 0.15) is 33.7 Å². The number of anilines is 1. The smallest absolute Gasteiger partial charge is 0.416 e. The monoisotopic (exact) mass is 572 g/mol. The first-order chi connectivity index (χ1) is 19.0. The molecule has 0 aliphatic heterocycles. The molecule has 1 amide bonds. The minimum atomic E-state index is -4.57. The summed E-state index contributed by atoms with van der Waals surface area (Å²) < 4.78 is 59.4. The van der Waals surface area contributed by atoms with Gasteiger partial charge >= 0.3 is 12.1 Å². The third-order valence-corrected chi connectivity index (χ3v) is 7.28. The number of thiazole rings is 1. The molecule has 40 heavy (non-hydrogen) atoms. The van der Waals surface area contributed by atoms with Crippen molar-refractivity contribution in [2.24, 2.45) is 5.92 Å². The summed E-state index contributed by atoms with van der Waals surface area (Å²) in [5.41, 5.74) is -0.906. The maximum Gasteiger partial charge on any atom is 0.416 e. The first-order valence-corrected chi connectivity index (χ1v) is 12.9. The summed E-state index contributed by atoms with van der Waals surface area (Å²) in [4.78, 5) is 41.2. The predicted octanol–water partition coefficient (Wildman–Crippen LogP) is 6.65. The number of nitrogens with zero attached hydrogens (tertiary/aromatic N) is 1. The lowest BCUT2D eigenvalue weighted by atomic mass is 10.1. The number of hydrogen-bond acceptors (Lipinski definition) is 6. The molecule has 0 spiro atoms. The number of ketones is 1. The van der Waals surface area contributed by atoms with E-state index in [1.165, 1.54) is 24.3 Å².